The van der Waals surface area contributed by atoms with Crippen LogP contribution in [0.3, 0.4) is 0 Å². The summed E-state index contributed by atoms with van der Waals surface area (Å²) in [5.41, 5.74) is 2.14. The van der Waals surface area contributed by atoms with Crippen molar-refractivity contribution in [1.29, 1.82) is 0 Å². The molecule has 0 N–H and O–H groups in total. The van der Waals surface area contributed by atoms with Crippen molar-refractivity contribution < 1.29 is 0 Å². The molecule has 5 rings (SSSR count). The van der Waals surface area contributed by atoms with E-state index in [1.807, 2.05) is 59.2 Å². The van der Waals surface area contributed by atoms with Gasteiger partial charge in [-0.2, -0.15) is 4.98 Å². The number of fused-ring (bicyclic) bond motifs is 3. The van der Waals surface area contributed by atoms with Crippen LogP contribution < -0.4 is 16.1 Å². The van der Waals surface area contributed by atoms with Crippen molar-refractivity contribution in [1.82, 2.24) is 18.7 Å². The summed E-state index contributed by atoms with van der Waals surface area (Å²) in [5, 5.41) is 0. The van der Waals surface area contributed by atoms with Crippen LogP contribution in [-0.2, 0) is 20.1 Å². The Kier molecular flexibility index (Phi) is 4.81. The molecule has 31 heavy (non-hydrogen) atoms. The van der Waals surface area contributed by atoms with E-state index < -0.39 is 0 Å². The molecule has 1 atom stereocenters. The molecule has 4 aromatic rings. The van der Waals surface area contributed by atoms with Crippen LogP contribution in [0.25, 0.3) is 11.2 Å². The topological polar surface area (TPSA) is 65.1 Å². The number of anilines is 2. The second kappa shape index (κ2) is 7.53. The Bertz CT molecular complexity index is 1390. The van der Waals surface area contributed by atoms with Crippen LogP contribution >= 0.6 is 15.9 Å². The Morgan fingerprint density at radius 1 is 1.03 bits per heavy atom. The van der Waals surface area contributed by atoms with Gasteiger partial charge in [0.05, 0.1) is 6.54 Å². The lowest BCUT2D eigenvalue weighted by Crippen LogP contribution is -2.40. The van der Waals surface area contributed by atoms with Gasteiger partial charge in [-0.05, 0) is 35.7 Å². The zero-order valence-electron chi connectivity index (χ0n) is 17.3. The highest BCUT2D eigenvalue weighted by molar-refractivity contribution is 9.10. The predicted octanol–water partition coefficient (Wildman–Crippen LogP) is 3.50. The fraction of sp³-hybridized carbons (Fsp3) is 0.261. The molecule has 1 aliphatic rings. The smallest absolute Gasteiger partial charge is 0.312 e. The number of imidazole rings is 1. The van der Waals surface area contributed by atoms with Crippen LogP contribution in [-0.4, -0.2) is 25.2 Å². The first-order valence-corrected chi connectivity index (χ1v) is 11.0. The lowest BCUT2D eigenvalue weighted by molar-refractivity contribution is 0.458. The highest BCUT2D eigenvalue weighted by Crippen LogP contribution is 2.32. The molecular weight excluding hydrogens is 458 g/mol. The summed E-state index contributed by atoms with van der Waals surface area (Å²) in [6.45, 7) is 3.86. The summed E-state index contributed by atoms with van der Waals surface area (Å²) in [7, 11) is 1.68. The van der Waals surface area contributed by atoms with E-state index in [2.05, 4.69) is 27.8 Å². The minimum Gasteiger partial charge on any atom is -0.312 e. The zero-order valence-corrected chi connectivity index (χ0v) is 18.9. The summed E-state index contributed by atoms with van der Waals surface area (Å²) < 4.78 is 5.70. The van der Waals surface area contributed by atoms with Crippen LogP contribution in [0.15, 0.2) is 68.7 Å². The zero-order chi connectivity index (χ0) is 21.7. The number of hydrogen-bond acceptors (Lipinski definition) is 4. The van der Waals surface area contributed by atoms with Gasteiger partial charge < -0.3 is 9.47 Å². The molecule has 1 aliphatic heterocycles. The van der Waals surface area contributed by atoms with Crippen molar-refractivity contribution in [2.45, 2.75) is 20.0 Å². The normalized spacial score (nSPS) is 16.0. The van der Waals surface area contributed by atoms with Crippen LogP contribution in [0.4, 0.5) is 11.6 Å². The summed E-state index contributed by atoms with van der Waals surface area (Å²) >= 11 is 3.42. The third kappa shape index (κ3) is 3.31. The average Bonchev–Trinajstić information content (AvgIpc) is 3.16. The number of para-hydroxylation sites is 1. The minimum absolute atomic E-state index is 0.215. The molecule has 7 nitrogen and oxygen atoms in total. The number of halogens is 1. The van der Waals surface area contributed by atoms with E-state index in [1.165, 1.54) is 9.13 Å². The van der Waals surface area contributed by atoms with Gasteiger partial charge in [-0.15, -0.1) is 0 Å². The highest BCUT2D eigenvalue weighted by atomic mass is 79.9. The maximum absolute atomic E-state index is 13.5. The number of aromatic nitrogens is 4. The molecule has 0 saturated heterocycles. The fourth-order valence-electron chi connectivity index (χ4n) is 4.24. The van der Waals surface area contributed by atoms with Crippen molar-refractivity contribution >= 4 is 38.7 Å². The molecule has 0 saturated carbocycles. The summed E-state index contributed by atoms with van der Waals surface area (Å²) in [6.07, 6.45) is 0. The number of benzene rings is 2. The lowest BCUT2D eigenvalue weighted by atomic mass is 10.1. The molecule has 0 amide bonds. The van der Waals surface area contributed by atoms with E-state index in [1.54, 1.807) is 7.05 Å². The first-order valence-electron chi connectivity index (χ1n) is 10.2. The van der Waals surface area contributed by atoms with E-state index in [0.717, 1.165) is 22.3 Å². The van der Waals surface area contributed by atoms with Crippen LogP contribution in [0.2, 0.25) is 0 Å². The van der Waals surface area contributed by atoms with E-state index in [-0.39, 0.29) is 17.8 Å². The Hall–Kier alpha value is -3.13. The summed E-state index contributed by atoms with van der Waals surface area (Å²) in [6, 6.07) is 17.7. The predicted molar refractivity (Wildman–Crippen MR) is 125 cm³/mol. The van der Waals surface area contributed by atoms with Gasteiger partial charge in [0.25, 0.3) is 5.56 Å². The number of nitrogens with zero attached hydrogens (tertiary/aromatic N) is 5. The van der Waals surface area contributed by atoms with Gasteiger partial charge in [0, 0.05) is 30.3 Å². The molecule has 0 radical (unpaired) electrons. The molecule has 0 aliphatic carbocycles. The third-order valence-electron chi connectivity index (χ3n) is 5.76. The lowest BCUT2D eigenvalue weighted by Gasteiger charge is -2.32. The number of aryl methyl sites for hydroxylation is 1. The molecule has 3 heterocycles. The van der Waals surface area contributed by atoms with Crippen molar-refractivity contribution in [3.8, 4) is 0 Å². The molecule has 0 spiro atoms. The Morgan fingerprint density at radius 2 is 1.74 bits per heavy atom. The number of hydrogen-bond donors (Lipinski definition) is 0. The molecule has 2 aromatic heterocycles. The molecular formula is C23H22BrN5O2. The van der Waals surface area contributed by atoms with Crippen LogP contribution in [0, 0.1) is 5.92 Å². The minimum atomic E-state index is -0.366. The largest absolute Gasteiger partial charge is 0.332 e. The van der Waals surface area contributed by atoms with Crippen molar-refractivity contribution in [2.75, 3.05) is 11.4 Å². The summed E-state index contributed by atoms with van der Waals surface area (Å²) in [4.78, 5) is 33.5. The van der Waals surface area contributed by atoms with Crippen LogP contribution in [0.5, 0.6) is 0 Å². The van der Waals surface area contributed by atoms with Gasteiger partial charge in [0.1, 0.15) is 0 Å². The highest BCUT2D eigenvalue weighted by Gasteiger charge is 2.29. The Labute approximate surface area is 187 Å². The van der Waals surface area contributed by atoms with Crippen LogP contribution in [0.1, 0.15) is 12.5 Å². The first kappa shape index (κ1) is 19.8. The molecule has 0 bridgehead atoms. The Balaban J connectivity index is 1.72. The van der Waals surface area contributed by atoms with Gasteiger partial charge in [0.2, 0.25) is 5.95 Å². The maximum Gasteiger partial charge on any atom is 0.332 e. The molecule has 158 valence electrons. The van der Waals surface area contributed by atoms with E-state index in [0.29, 0.717) is 29.6 Å². The monoisotopic (exact) mass is 479 g/mol. The average molecular weight is 480 g/mol. The van der Waals surface area contributed by atoms with Gasteiger partial charge in [-0.25, -0.2) is 4.79 Å². The second-order valence-corrected chi connectivity index (χ2v) is 9.02. The SMILES string of the molecule is C[C@@H]1CN(c2ccccc2)c2nc3c(c(=O)n(Cc4ccc(Br)cc4)c(=O)n3C)n2C1. The molecule has 0 fully saturated rings. The van der Waals surface area contributed by atoms with Crippen molar-refractivity contribution in [3.05, 3.63) is 85.5 Å². The summed E-state index contributed by atoms with van der Waals surface area (Å²) in [5.74, 6) is 1.02. The standard InChI is InChI=1S/C23H22BrN5O2/c1-15-12-27(18-6-4-3-5-7-18)22-25-20-19(28(22)13-15)21(30)29(23(31)26(20)2)14-16-8-10-17(24)11-9-16/h3-11,15H,12-14H2,1-2H3/t15-/m1/s1. The van der Waals surface area contributed by atoms with E-state index >= 15 is 0 Å². The van der Waals surface area contributed by atoms with E-state index in [9.17, 15) is 9.59 Å². The van der Waals surface area contributed by atoms with E-state index in [4.69, 9.17) is 4.98 Å². The van der Waals surface area contributed by atoms with Gasteiger partial charge in [0.15, 0.2) is 11.2 Å². The van der Waals surface area contributed by atoms with Gasteiger partial charge in [-0.3, -0.25) is 13.9 Å². The van der Waals surface area contributed by atoms with Crippen molar-refractivity contribution in [3.63, 3.8) is 0 Å². The maximum atomic E-state index is 13.5. The van der Waals surface area contributed by atoms with Gasteiger partial charge in [-0.1, -0.05) is 53.2 Å². The first-order chi connectivity index (χ1) is 14.9. The second-order valence-electron chi connectivity index (χ2n) is 8.11. The third-order valence-corrected chi connectivity index (χ3v) is 6.29. The fourth-order valence-corrected chi connectivity index (χ4v) is 4.51. The molecule has 0 unspecified atom stereocenters. The number of rotatable bonds is 3. The van der Waals surface area contributed by atoms with Crippen molar-refractivity contribution in [2.24, 2.45) is 13.0 Å². The Morgan fingerprint density at radius 3 is 2.45 bits per heavy atom. The quantitative estimate of drug-likeness (QED) is 0.451. The molecule has 2 aromatic carbocycles. The molecule has 8 heteroatoms. The van der Waals surface area contributed by atoms with Gasteiger partial charge >= 0.3 is 5.69 Å².